The number of hydrogen-bond acceptors (Lipinski definition) is 4. The van der Waals surface area contributed by atoms with Gasteiger partial charge in [0.05, 0.1) is 17.4 Å². The van der Waals surface area contributed by atoms with E-state index in [1.807, 2.05) is 6.07 Å². The van der Waals surface area contributed by atoms with E-state index in [-0.39, 0.29) is 5.69 Å². The number of pyridine rings is 2. The first-order chi connectivity index (χ1) is 8.69. The van der Waals surface area contributed by atoms with Crippen molar-refractivity contribution in [2.75, 3.05) is 5.32 Å². The summed E-state index contributed by atoms with van der Waals surface area (Å²) in [5, 5.41) is 11.1. The molecule has 2 rings (SSSR count). The van der Waals surface area contributed by atoms with E-state index in [9.17, 15) is 9.18 Å². The van der Waals surface area contributed by atoms with Gasteiger partial charge in [0.2, 0.25) is 5.95 Å². The number of carbonyl (C=O) groups is 1. The van der Waals surface area contributed by atoms with E-state index in [0.717, 1.165) is 6.07 Å². The van der Waals surface area contributed by atoms with Crippen molar-refractivity contribution in [2.24, 2.45) is 0 Å². The average molecular weight is 242 g/mol. The average Bonchev–Trinajstić information content (AvgIpc) is 2.41. The molecule has 0 unspecified atom stereocenters. The number of aromatic nitrogens is 2. The van der Waals surface area contributed by atoms with Gasteiger partial charge in [0.1, 0.15) is 11.8 Å². The molecule has 18 heavy (non-hydrogen) atoms. The second-order valence-corrected chi connectivity index (χ2v) is 3.37. The Morgan fingerprint density at radius 2 is 2.06 bits per heavy atom. The first-order valence-electron chi connectivity index (χ1n) is 4.98. The molecule has 2 heterocycles. The lowest BCUT2D eigenvalue weighted by Crippen LogP contribution is -2.13. The summed E-state index contributed by atoms with van der Waals surface area (Å²) < 4.78 is 12.6. The summed E-state index contributed by atoms with van der Waals surface area (Å²) in [6.07, 6.45) is 2.51. The number of nitriles is 1. The highest BCUT2D eigenvalue weighted by Gasteiger charge is 2.07. The molecule has 2 aromatic heterocycles. The van der Waals surface area contributed by atoms with Crippen molar-refractivity contribution in [3.8, 4) is 6.07 Å². The van der Waals surface area contributed by atoms with Crippen molar-refractivity contribution in [3.63, 3.8) is 0 Å². The number of amides is 1. The lowest BCUT2D eigenvalue weighted by Gasteiger charge is -2.03. The standard InChI is InChI=1S/C12H7FN4O/c13-11-4-2-9(7-16-11)17-12(18)10-3-1-8(5-14)6-15-10/h1-4,6-7H,(H,17,18). The molecule has 0 aliphatic heterocycles. The van der Waals surface area contributed by atoms with Crippen LogP contribution in [0.4, 0.5) is 10.1 Å². The van der Waals surface area contributed by atoms with E-state index in [2.05, 4.69) is 15.3 Å². The molecule has 5 nitrogen and oxygen atoms in total. The van der Waals surface area contributed by atoms with E-state index in [0.29, 0.717) is 11.3 Å². The first-order valence-corrected chi connectivity index (χ1v) is 4.98. The molecule has 88 valence electrons. The lowest BCUT2D eigenvalue weighted by molar-refractivity contribution is 0.102. The maximum absolute atomic E-state index is 12.6. The quantitative estimate of drug-likeness (QED) is 0.813. The van der Waals surface area contributed by atoms with Crippen LogP contribution in [-0.4, -0.2) is 15.9 Å². The van der Waals surface area contributed by atoms with Gasteiger partial charge in [-0.2, -0.15) is 9.65 Å². The molecule has 2 aromatic rings. The van der Waals surface area contributed by atoms with Crippen molar-refractivity contribution >= 4 is 11.6 Å². The van der Waals surface area contributed by atoms with Crippen LogP contribution < -0.4 is 5.32 Å². The van der Waals surface area contributed by atoms with Gasteiger partial charge in [-0.05, 0) is 24.3 Å². The van der Waals surface area contributed by atoms with Gasteiger partial charge in [0.15, 0.2) is 0 Å². The zero-order valence-corrected chi connectivity index (χ0v) is 9.09. The Labute approximate surface area is 102 Å². The van der Waals surface area contributed by atoms with Crippen molar-refractivity contribution in [2.45, 2.75) is 0 Å². The first kappa shape index (κ1) is 11.7. The number of nitrogens with zero attached hydrogens (tertiary/aromatic N) is 3. The molecule has 0 spiro atoms. The van der Waals surface area contributed by atoms with Crippen molar-refractivity contribution in [1.29, 1.82) is 5.26 Å². The maximum Gasteiger partial charge on any atom is 0.274 e. The van der Waals surface area contributed by atoms with Crippen LogP contribution in [0.25, 0.3) is 0 Å². The van der Waals surface area contributed by atoms with Crippen LogP contribution >= 0.6 is 0 Å². The number of halogens is 1. The highest BCUT2D eigenvalue weighted by molar-refractivity contribution is 6.02. The minimum atomic E-state index is -0.621. The van der Waals surface area contributed by atoms with Crippen molar-refractivity contribution in [1.82, 2.24) is 9.97 Å². The highest BCUT2D eigenvalue weighted by atomic mass is 19.1. The monoisotopic (exact) mass is 242 g/mol. The third-order valence-electron chi connectivity index (χ3n) is 2.11. The molecule has 0 saturated carbocycles. The van der Waals surface area contributed by atoms with Gasteiger partial charge in [0, 0.05) is 6.20 Å². The smallest absolute Gasteiger partial charge is 0.274 e. The summed E-state index contributed by atoms with van der Waals surface area (Å²) in [6, 6.07) is 7.36. The Morgan fingerprint density at radius 1 is 1.22 bits per heavy atom. The fourth-order valence-corrected chi connectivity index (χ4v) is 1.24. The molecular formula is C12H7FN4O. The van der Waals surface area contributed by atoms with E-state index in [4.69, 9.17) is 5.26 Å². The van der Waals surface area contributed by atoms with E-state index < -0.39 is 11.9 Å². The Bertz CT molecular complexity index is 601. The second kappa shape index (κ2) is 5.01. The third kappa shape index (κ3) is 2.65. The highest BCUT2D eigenvalue weighted by Crippen LogP contribution is 2.07. The van der Waals surface area contributed by atoms with Crippen LogP contribution in [0.5, 0.6) is 0 Å². The summed E-state index contributed by atoms with van der Waals surface area (Å²) >= 11 is 0. The molecule has 0 saturated heterocycles. The Balaban J connectivity index is 2.12. The van der Waals surface area contributed by atoms with Crippen LogP contribution in [0.3, 0.4) is 0 Å². The number of carbonyl (C=O) groups excluding carboxylic acids is 1. The van der Waals surface area contributed by atoms with E-state index in [1.165, 1.54) is 30.6 Å². The summed E-state index contributed by atoms with van der Waals surface area (Å²) in [5.41, 5.74) is 0.904. The second-order valence-electron chi connectivity index (χ2n) is 3.37. The Morgan fingerprint density at radius 3 is 2.61 bits per heavy atom. The van der Waals surface area contributed by atoms with Gasteiger partial charge in [-0.1, -0.05) is 0 Å². The van der Waals surface area contributed by atoms with Crippen LogP contribution in [-0.2, 0) is 0 Å². The number of nitrogens with one attached hydrogen (secondary N) is 1. The van der Waals surface area contributed by atoms with Crippen LogP contribution in [0.1, 0.15) is 16.1 Å². The van der Waals surface area contributed by atoms with Gasteiger partial charge < -0.3 is 5.32 Å². The van der Waals surface area contributed by atoms with Gasteiger partial charge in [-0.25, -0.2) is 9.97 Å². The molecule has 0 radical (unpaired) electrons. The molecule has 0 aliphatic rings. The SMILES string of the molecule is N#Cc1ccc(C(=O)Nc2ccc(F)nc2)nc1. The number of hydrogen-bond donors (Lipinski definition) is 1. The van der Waals surface area contributed by atoms with Crippen molar-refractivity contribution in [3.05, 3.63) is 53.9 Å². The lowest BCUT2D eigenvalue weighted by atomic mass is 10.2. The summed E-state index contributed by atoms with van der Waals surface area (Å²) in [5.74, 6) is -1.07. The molecule has 0 atom stereocenters. The zero-order valence-electron chi connectivity index (χ0n) is 9.09. The third-order valence-corrected chi connectivity index (χ3v) is 2.11. The molecule has 1 amide bonds. The molecule has 0 bridgehead atoms. The normalized spacial score (nSPS) is 9.56. The van der Waals surface area contributed by atoms with Crippen LogP contribution in [0.2, 0.25) is 0 Å². The molecule has 0 aromatic carbocycles. The largest absolute Gasteiger partial charge is 0.319 e. The fourth-order valence-electron chi connectivity index (χ4n) is 1.24. The Hall–Kier alpha value is -2.81. The molecule has 0 aliphatic carbocycles. The predicted octanol–water partition coefficient (Wildman–Crippen LogP) is 1.74. The fraction of sp³-hybridized carbons (Fsp3) is 0. The van der Waals surface area contributed by atoms with E-state index in [1.54, 1.807) is 0 Å². The zero-order chi connectivity index (χ0) is 13.0. The Kier molecular flexibility index (Phi) is 3.25. The van der Waals surface area contributed by atoms with Crippen LogP contribution in [0.15, 0.2) is 36.7 Å². The topological polar surface area (TPSA) is 78.7 Å². The van der Waals surface area contributed by atoms with Gasteiger partial charge >= 0.3 is 0 Å². The van der Waals surface area contributed by atoms with Crippen LogP contribution in [0, 0.1) is 17.3 Å². The summed E-state index contributed by atoms with van der Waals surface area (Å²) in [4.78, 5) is 19.0. The van der Waals surface area contributed by atoms with E-state index >= 15 is 0 Å². The van der Waals surface area contributed by atoms with Gasteiger partial charge in [0.25, 0.3) is 5.91 Å². The van der Waals surface area contributed by atoms with Gasteiger partial charge in [-0.3, -0.25) is 4.79 Å². The number of anilines is 1. The molecule has 6 heteroatoms. The molecular weight excluding hydrogens is 235 g/mol. The summed E-state index contributed by atoms with van der Waals surface area (Å²) in [7, 11) is 0. The maximum atomic E-state index is 12.6. The minimum absolute atomic E-state index is 0.165. The van der Waals surface area contributed by atoms with Crippen molar-refractivity contribution < 1.29 is 9.18 Å². The minimum Gasteiger partial charge on any atom is -0.319 e. The molecule has 0 fully saturated rings. The summed E-state index contributed by atoms with van der Waals surface area (Å²) in [6.45, 7) is 0. The molecule has 1 N–H and O–H groups in total. The number of rotatable bonds is 2. The van der Waals surface area contributed by atoms with Gasteiger partial charge in [-0.15, -0.1) is 0 Å². The predicted molar refractivity (Wildman–Crippen MR) is 61.1 cm³/mol.